The van der Waals surface area contributed by atoms with Gasteiger partial charge in [-0.3, -0.25) is 0 Å². The summed E-state index contributed by atoms with van der Waals surface area (Å²) in [5.41, 5.74) is 1.18. The third kappa shape index (κ3) is 2.47. The van der Waals surface area contributed by atoms with Crippen molar-refractivity contribution < 1.29 is 5.11 Å². The first-order valence-electron chi connectivity index (χ1n) is 3.11. The Balaban J connectivity index is 0.000000810. The van der Waals surface area contributed by atoms with E-state index in [2.05, 4.69) is 6.92 Å². The fraction of sp³-hybridized carbons (Fsp3) is 0.250. The van der Waals surface area contributed by atoms with Crippen molar-refractivity contribution in [2.24, 2.45) is 0 Å². The summed E-state index contributed by atoms with van der Waals surface area (Å²) in [6.07, 6.45) is 0.981. The SMILES string of the molecule is CCc1cccc(O)c1.[LiH]. The Morgan fingerprint density at radius 3 is 2.50 bits per heavy atom. The van der Waals surface area contributed by atoms with Gasteiger partial charge < -0.3 is 5.11 Å². The fourth-order valence-electron chi connectivity index (χ4n) is 0.776. The molecule has 1 aromatic rings. The number of phenolic OH excluding ortho intramolecular Hbond substituents is 1. The molecule has 50 valence electrons. The molecule has 0 bridgehead atoms. The van der Waals surface area contributed by atoms with Crippen molar-refractivity contribution in [2.45, 2.75) is 13.3 Å². The van der Waals surface area contributed by atoms with E-state index in [4.69, 9.17) is 5.11 Å². The van der Waals surface area contributed by atoms with Gasteiger partial charge in [0.15, 0.2) is 0 Å². The van der Waals surface area contributed by atoms with Crippen LogP contribution in [0.3, 0.4) is 0 Å². The van der Waals surface area contributed by atoms with Crippen LogP contribution in [0.15, 0.2) is 24.3 Å². The molecule has 0 atom stereocenters. The summed E-state index contributed by atoms with van der Waals surface area (Å²) in [5, 5.41) is 8.94. The first-order valence-corrected chi connectivity index (χ1v) is 3.11. The molecule has 0 unspecified atom stereocenters. The van der Waals surface area contributed by atoms with Gasteiger partial charge in [-0.1, -0.05) is 19.1 Å². The number of hydrogen-bond acceptors (Lipinski definition) is 1. The van der Waals surface area contributed by atoms with Gasteiger partial charge in [-0.15, -0.1) is 0 Å². The number of rotatable bonds is 1. The van der Waals surface area contributed by atoms with Crippen molar-refractivity contribution >= 4 is 18.9 Å². The monoisotopic (exact) mass is 130 g/mol. The molecular formula is C8H11LiO. The molecule has 1 nitrogen and oxygen atoms in total. The summed E-state index contributed by atoms with van der Waals surface area (Å²) in [4.78, 5) is 0. The maximum absolute atomic E-state index is 8.94. The summed E-state index contributed by atoms with van der Waals surface area (Å²) >= 11 is 0. The van der Waals surface area contributed by atoms with E-state index in [1.807, 2.05) is 12.1 Å². The molecule has 0 aliphatic rings. The molecular weight excluding hydrogens is 119 g/mol. The van der Waals surface area contributed by atoms with Gasteiger partial charge in [0.05, 0.1) is 0 Å². The van der Waals surface area contributed by atoms with Crippen LogP contribution >= 0.6 is 0 Å². The van der Waals surface area contributed by atoms with Gasteiger partial charge >= 0.3 is 18.9 Å². The zero-order valence-electron chi connectivity index (χ0n) is 5.46. The number of phenols is 1. The van der Waals surface area contributed by atoms with Crippen LogP contribution in [0.5, 0.6) is 5.75 Å². The van der Waals surface area contributed by atoms with Crippen LogP contribution in [0.4, 0.5) is 0 Å². The van der Waals surface area contributed by atoms with Crippen molar-refractivity contribution in [3.05, 3.63) is 29.8 Å². The van der Waals surface area contributed by atoms with E-state index in [9.17, 15) is 0 Å². The minimum absolute atomic E-state index is 0. The molecule has 0 saturated carbocycles. The topological polar surface area (TPSA) is 20.2 Å². The molecule has 1 aromatic carbocycles. The van der Waals surface area contributed by atoms with Gasteiger partial charge in [0.1, 0.15) is 5.75 Å². The molecule has 0 saturated heterocycles. The van der Waals surface area contributed by atoms with Crippen LogP contribution in [-0.2, 0) is 6.42 Å². The van der Waals surface area contributed by atoms with Crippen molar-refractivity contribution in [3.8, 4) is 5.75 Å². The predicted octanol–water partition coefficient (Wildman–Crippen LogP) is 1.31. The second-order valence-corrected chi connectivity index (χ2v) is 2.02. The van der Waals surface area contributed by atoms with E-state index in [1.54, 1.807) is 12.1 Å². The Kier molecular flexibility index (Phi) is 4.27. The van der Waals surface area contributed by atoms with Crippen LogP contribution in [0, 0.1) is 0 Å². The molecule has 0 amide bonds. The maximum atomic E-state index is 8.94. The average molecular weight is 130 g/mol. The molecule has 0 heterocycles. The van der Waals surface area contributed by atoms with Gasteiger partial charge in [-0.25, -0.2) is 0 Å². The van der Waals surface area contributed by atoms with Crippen molar-refractivity contribution in [3.63, 3.8) is 0 Å². The van der Waals surface area contributed by atoms with Crippen molar-refractivity contribution in [1.29, 1.82) is 0 Å². The zero-order chi connectivity index (χ0) is 6.69. The van der Waals surface area contributed by atoms with E-state index < -0.39 is 0 Å². The van der Waals surface area contributed by atoms with E-state index in [-0.39, 0.29) is 18.9 Å². The first-order chi connectivity index (χ1) is 4.33. The van der Waals surface area contributed by atoms with E-state index in [0.29, 0.717) is 5.75 Å². The molecule has 0 aromatic heterocycles. The molecule has 0 aliphatic carbocycles. The Morgan fingerprint density at radius 2 is 2.10 bits per heavy atom. The normalized spacial score (nSPS) is 8.50. The molecule has 0 fully saturated rings. The van der Waals surface area contributed by atoms with Crippen molar-refractivity contribution in [1.82, 2.24) is 0 Å². The second kappa shape index (κ2) is 4.44. The Morgan fingerprint density at radius 1 is 1.40 bits per heavy atom. The van der Waals surface area contributed by atoms with Gasteiger partial charge in [0.25, 0.3) is 0 Å². The van der Waals surface area contributed by atoms with Gasteiger partial charge in [0, 0.05) is 0 Å². The van der Waals surface area contributed by atoms with Gasteiger partial charge in [-0.2, -0.15) is 0 Å². The van der Waals surface area contributed by atoms with Crippen LogP contribution in [0.2, 0.25) is 0 Å². The molecule has 0 aliphatic heterocycles. The fourth-order valence-corrected chi connectivity index (χ4v) is 0.776. The molecule has 2 heteroatoms. The molecule has 1 rings (SSSR count). The third-order valence-corrected chi connectivity index (χ3v) is 1.32. The zero-order valence-corrected chi connectivity index (χ0v) is 5.46. The van der Waals surface area contributed by atoms with Gasteiger partial charge in [-0.05, 0) is 24.1 Å². The van der Waals surface area contributed by atoms with Crippen molar-refractivity contribution in [2.75, 3.05) is 0 Å². The molecule has 10 heavy (non-hydrogen) atoms. The van der Waals surface area contributed by atoms with Crippen LogP contribution in [0.25, 0.3) is 0 Å². The number of aromatic hydroxyl groups is 1. The summed E-state index contributed by atoms with van der Waals surface area (Å²) in [6, 6.07) is 7.31. The van der Waals surface area contributed by atoms with Crippen LogP contribution in [0.1, 0.15) is 12.5 Å². The summed E-state index contributed by atoms with van der Waals surface area (Å²) in [5.74, 6) is 0.356. The quantitative estimate of drug-likeness (QED) is 0.568. The summed E-state index contributed by atoms with van der Waals surface area (Å²) < 4.78 is 0. The molecule has 0 radical (unpaired) electrons. The van der Waals surface area contributed by atoms with E-state index >= 15 is 0 Å². The van der Waals surface area contributed by atoms with E-state index in [1.165, 1.54) is 5.56 Å². The minimum atomic E-state index is 0. The van der Waals surface area contributed by atoms with Crippen LogP contribution in [-0.4, -0.2) is 24.0 Å². The first kappa shape index (κ1) is 9.62. The second-order valence-electron chi connectivity index (χ2n) is 2.02. The predicted molar refractivity (Wildman–Crippen MR) is 44.6 cm³/mol. The Hall–Kier alpha value is -0.383. The van der Waals surface area contributed by atoms with E-state index in [0.717, 1.165) is 6.42 Å². The average Bonchev–Trinajstić information content (AvgIpc) is 1.88. The molecule has 1 N–H and O–H groups in total. The number of hydrogen-bond donors (Lipinski definition) is 1. The number of benzene rings is 1. The Bertz CT molecular complexity index is 198. The van der Waals surface area contributed by atoms with Gasteiger partial charge in [0.2, 0.25) is 0 Å². The summed E-state index contributed by atoms with van der Waals surface area (Å²) in [6.45, 7) is 2.06. The third-order valence-electron chi connectivity index (χ3n) is 1.32. The standard InChI is InChI=1S/C8H10O.Li.H/c1-2-7-4-3-5-8(9)6-7;;/h3-6,9H,2H2,1H3;;. The van der Waals surface area contributed by atoms with Crippen LogP contribution < -0.4 is 0 Å². The summed E-state index contributed by atoms with van der Waals surface area (Å²) in [7, 11) is 0. The number of aryl methyl sites for hydroxylation is 1. The molecule has 0 spiro atoms. The Labute approximate surface area is 73.3 Å².